The van der Waals surface area contributed by atoms with Crippen molar-refractivity contribution < 1.29 is 0 Å². The molecule has 0 aromatic carbocycles. The maximum Gasteiger partial charge on any atom is 0.0762 e. The highest BCUT2D eigenvalue weighted by molar-refractivity contribution is 7.09. The maximum absolute atomic E-state index is 4.57. The number of aryl methyl sites for hydroxylation is 2. The summed E-state index contributed by atoms with van der Waals surface area (Å²) in [6.07, 6.45) is 3.12. The van der Waals surface area contributed by atoms with Gasteiger partial charge in [0.25, 0.3) is 0 Å². The monoisotopic (exact) mass is 263 g/mol. The van der Waals surface area contributed by atoms with Gasteiger partial charge in [-0.05, 0) is 38.3 Å². The van der Waals surface area contributed by atoms with Crippen LogP contribution in [0, 0.1) is 0 Å². The van der Waals surface area contributed by atoms with Crippen molar-refractivity contribution in [3.63, 3.8) is 0 Å². The molecule has 18 heavy (non-hydrogen) atoms. The molecule has 2 aromatic rings. The highest BCUT2D eigenvalue weighted by Gasteiger charge is 2.09. The molecule has 98 valence electrons. The molecule has 1 N–H and O–H groups in total. The molecule has 0 spiro atoms. The van der Waals surface area contributed by atoms with Gasteiger partial charge in [-0.25, -0.2) is 0 Å². The standard InChI is InChI=1S/C14H21N3S/c1-14(2,3)15-11-12-6-8-17(16-12)9-7-13-5-4-10-18-13/h4-6,8,10,15H,7,9,11H2,1-3H3. The van der Waals surface area contributed by atoms with Crippen molar-refractivity contribution in [3.05, 3.63) is 40.3 Å². The minimum atomic E-state index is 0.140. The van der Waals surface area contributed by atoms with Crippen LogP contribution in [-0.4, -0.2) is 15.3 Å². The molecule has 4 heteroatoms. The summed E-state index contributed by atoms with van der Waals surface area (Å²) in [5.41, 5.74) is 1.25. The summed E-state index contributed by atoms with van der Waals surface area (Å²) in [6, 6.07) is 6.37. The van der Waals surface area contributed by atoms with E-state index in [1.165, 1.54) is 4.88 Å². The normalized spacial score (nSPS) is 11.9. The number of hydrogen-bond acceptors (Lipinski definition) is 3. The highest BCUT2D eigenvalue weighted by atomic mass is 32.1. The number of thiophene rings is 1. The van der Waals surface area contributed by atoms with Gasteiger partial charge in [-0.1, -0.05) is 6.07 Å². The topological polar surface area (TPSA) is 29.9 Å². The van der Waals surface area contributed by atoms with Gasteiger partial charge in [-0.15, -0.1) is 11.3 Å². The number of nitrogens with zero attached hydrogens (tertiary/aromatic N) is 2. The summed E-state index contributed by atoms with van der Waals surface area (Å²) >= 11 is 1.81. The van der Waals surface area contributed by atoms with Crippen LogP contribution in [-0.2, 0) is 19.5 Å². The smallest absolute Gasteiger partial charge is 0.0762 e. The van der Waals surface area contributed by atoms with Gasteiger partial charge in [-0.2, -0.15) is 5.10 Å². The van der Waals surface area contributed by atoms with Gasteiger partial charge in [0.05, 0.1) is 5.69 Å². The van der Waals surface area contributed by atoms with Crippen molar-refractivity contribution in [3.8, 4) is 0 Å². The van der Waals surface area contributed by atoms with Crippen LogP contribution in [0.25, 0.3) is 0 Å². The van der Waals surface area contributed by atoms with E-state index in [1.54, 1.807) is 0 Å². The molecular formula is C14H21N3S. The molecule has 2 rings (SSSR count). The Balaban J connectivity index is 1.82. The summed E-state index contributed by atoms with van der Waals surface area (Å²) in [4.78, 5) is 1.42. The summed E-state index contributed by atoms with van der Waals surface area (Å²) in [5, 5.41) is 10.1. The summed E-state index contributed by atoms with van der Waals surface area (Å²) < 4.78 is 2.03. The van der Waals surface area contributed by atoms with E-state index in [9.17, 15) is 0 Å². The van der Waals surface area contributed by atoms with Gasteiger partial charge in [0.2, 0.25) is 0 Å². The van der Waals surface area contributed by atoms with Crippen molar-refractivity contribution in [2.45, 2.75) is 45.8 Å². The minimum absolute atomic E-state index is 0.140. The average Bonchev–Trinajstić information content (AvgIpc) is 2.94. The van der Waals surface area contributed by atoms with Crippen LogP contribution in [0.15, 0.2) is 29.8 Å². The van der Waals surface area contributed by atoms with E-state index in [4.69, 9.17) is 0 Å². The quantitative estimate of drug-likeness (QED) is 0.898. The van der Waals surface area contributed by atoms with E-state index in [1.807, 2.05) is 16.0 Å². The van der Waals surface area contributed by atoms with Crippen LogP contribution in [0.3, 0.4) is 0 Å². The Bertz CT molecular complexity index is 465. The van der Waals surface area contributed by atoms with Gasteiger partial charge in [0.1, 0.15) is 0 Å². The van der Waals surface area contributed by atoms with Crippen molar-refractivity contribution in [2.75, 3.05) is 0 Å². The Hall–Kier alpha value is -1.13. The van der Waals surface area contributed by atoms with Crippen LogP contribution in [0.4, 0.5) is 0 Å². The van der Waals surface area contributed by atoms with E-state index >= 15 is 0 Å². The lowest BCUT2D eigenvalue weighted by molar-refractivity contribution is 0.419. The Morgan fingerprint density at radius 1 is 1.33 bits per heavy atom. The first-order chi connectivity index (χ1) is 8.53. The highest BCUT2D eigenvalue weighted by Crippen LogP contribution is 2.10. The second kappa shape index (κ2) is 5.67. The lowest BCUT2D eigenvalue weighted by Crippen LogP contribution is -2.35. The van der Waals surface area contributed by atoms with E-state index in [-0.39, 0.29) is 5.54 Å². The van der Waals surface area contributed by atoms with Crippen molar-refractivity contribution in [2.24, 2.45) is 0 Å². The molecule has 3 nitrogen and oxygen atoms in total. The first-order valence-electron chi connectivity index (χ1n) is 6.33. The number of rotatable bonds is 5. The van der Waals surface area contributed by atoms with E-state index < -0.39 is 0 Å². The summed E-state index contributed by atoms with van der Waals surface area (Å²) in [5.74, 6) is 0. The van der Waals surface area contributed by atoms with Crippen LogP contribution in [0.5, 0.6) is 0 Å². The molecule has 0 aliphatic heterocycles. The predicted molar refractivity (Wildman–Crippen MR) is 76.8 cm³/mol. The van der Waals surface area contributed by atoms with Crippen LogP contribution < -0.4 is 5.32 Å². The molecule has 0 unspecified atom stereocenters. The number of hydrogen-bond donors (Lipinski definition) is 1. The lowest BCUT2D eigenvalue weighted by atomic mass is 10.1. The molecule has 0 fully saturated rings. The van der Waals surface area contributed by atoms with Gasteiger partial charge in [0.15, 0.2) is 0 Å². The van der Waals surface area contributed by atoms with Crippen molar-refractivity contribution in [1.82, 2.24) is 15.1 Å². The predicted octanol–water partition coefficient (Wildman–Crippen LogP) is 3.08. The zero-order valence-corrected chi connectivity index (χ0v) is 12.1. The number of nitrogens with one attached hydrogen (secondary N) is 1. The van der Waals surface area contributed by atoms with Gasteiger partial charge in [0, 0.05) is 36.1 Å². The minimum Gasteiger partial charge on any atom is -0.306 e. The molecule has 0 atom stereocenters. The largest absolute Gasteiger partial charge is 0.306 e. The fourth-order valence-electron chi connectivity index (χ4n) is 1.66. The summed E-state index contributed by atoms with van der Waals surface area (Å²) in [7, 11) is 0. The summed E-state index contributed by atoms with van der Waals surface area (Å²) in [6.45, 7) is 8.29. The fraction of sp³-hybridized carbons (Fsp3) is 0.500. The van der Waals surface area contributed by atoms with Gasteiger partial charge in [-0.3, -0.25) is 4.68 Å². The lowest BCUT2D eigenvalue weighted by Gasteiger charge is -2.19. The van der Waals surface area contributed by atoms with Crippen molar-refractivity contribution in [1.29, 1.82) is 0 Å². The number of aromatic nitrogens is 2. The molecule has 2 aromatic heterocycles. The zero-order valence-electron chi connectivity index (χ0n) is 11.3. The molecule has 0 saturated heterocycles. The van der Waals surface area contributed by atoms with E-state index in [2.05, 4.69) is 61.0 Å². The molecule has 0 aliphatic rings. The Labute approximate surface area is 113 Å². The van der Waals surface area contributed by atoms with Crippen LogP contribution in [0.1, 0.15) is 31.3 Å². The van der Waals surface area contributed by atoms with E-state index in [0.29, 0.717) is 0 Å². The molecule has 0 amide bonds. The molecule has 0 aliphatic carbocycles. The third kappa shape index (κ3) is 4.27. The molecule has 2 heterocycles. The average molecular weight is 263 g/mol. The molecule has 0 saturated carbocycles. The fourth-order valence-corrected chi connectivity index (χ4v) is 2.36. The van der Waals surface area contributed by atoms with E-state index in [0.717, 1.165) is 25.2 Å². The Morgan fingerprint density at radius 3 is 2.83 bits per heavy atom. The van der Waals surface area contributed by atoms with Crippen LogP contribution >= 0.6 is 11.3 Å². The second-order valence-electron chi connectivity index (χ2n) is 5.50. The van der Waals surface area contributed by atoms with Crippen molar-refractivity contribution >= 4 is 11.3 Å². The first-order valence-corrected chi connectivity index (χ1v) is 7.21. The molecule has 0 radical (unpaired) electrons. The zero-order chi connectivity index (χ0) is 13.0. The maximum atomic E-state index is 4.57. The third-order valence-electron chi connectivity index (χ3n) is 2.66. The molecule has 0 bridgehead atoms. The Morgan fingerprint density at radius 2 is 2.17 bits per heavy atom. The van der Waals surface area contributed by atoms with Crippen LogP contribution in [0.2, 0.25) is 0 Å². The third-order valence-corrected chi connectivity index (χ3v) is 3.60. The SMILES string of the molecule is CC(C)(C)NCc1ccn(CCc2cccs2)n1. The molecular weight excluding hydrogens is 242 g/mol. The Kier molecular flexibility index (Phi) is 4.19. The first kappa shape index (κ1) is 13.3. The second-order valence-corrected chi connectivity index (χ2v) is 6.54. The van der Waals surface area contributed by atoms with Gasteiger partial charge >= 0.3 is 0 Å². The van der Waals surface area contributed by atoms with Gasteiger partial charge < -0.3 is 5.32 Å².